The van der Waals surface area contributed by atoms with Crippen molar-refractivity contribution in [1.82, 2.24) is 4.90 Å². The SMILES string of the molecule is NC(=S)Nc1cccc(C(=O)N2CCOCC2)c1. The normalized spacial score (nSPS) is 15.2. The number of rotatable bonds is 2. The highest BCUT2D eigenvalue weighted by atomic mass is 32.1. The van der Waals surface area contributed by atoms with Crippen LogP contribution in [-0.4, -0.2) is 42.2 Å². The van der Waals surface area contributed by atoms with E-state index in [0.29, 0.717) is 31.9 Å². The fraction of sp³-hybridized carbons (Fsp3) is 0.333. The lowest BCUT2D eigenvalue weighted by molar-refractivity contribution is 0.0303. The van der Waals surface area contributed by atoms with Crippen molar-refractivity contribution >= 4 is 28.9 Å². The minimum Gasteiger partial charge on any atom is -0.378 e. The average Bonchev–Trinajstić information content (AvgIpc) is 2.38. The van der Waals surface area contributed by atoms with E-state index in [0.717, 1.165) is 5.69 Å². The van der Waals surface area contributed by atoms with E-state index in [1.807, 2.05) is 6.07 Å². The summed E-state index contributed by atoms with van der Waals surface area (Å²) in [4.78, 5) is 14.0. The van der Waals surface area contributed by atoms with Gasteiger partial charge in [-0.2, -0.15) is 0 Å². The van der Waals surface area contributed by atoms with E-state index in [-0.39, 0.29) is 11.0 Å². The summed E-state index contributed by atoms with van der Waals surface area (Å²) in [7, 11) is 0. The zero-order valence-electron chi connectivity index (χ0n) is 9.89. The highest BCUT2D eigenvalue weighted by Crippen LogP contribution is 2.13. The molecule has 0 aliphatic carbocycles. The van der Waals surface area contributed by atoms with E-state index in [4.69, 9.17) is 22.7 Å². The summed E-state index contributed by atoms with van der Waals surface area (Å²) >= 11 is 4.77. The van der Waals surface area contributed by atoms with Gasteiger partial charge in [0.2, 0.25) is 0 Å². The molecule has 1 aliphatic heterocycles. The summed E-state index contributed by atoms with van der Waals surface area (Å²) in [5.74, 6) is 0.00453. The standard InChI is InChI=1S/C12H15N3O2S/c13-12(18)14-10-3-1-2-9(8-10)11(16)15-4-6-17-7-5-15/h1-3,8H,4-7H2,(H3,13,14,18). The third kappa shape index (κ3) is 3.18. The molecule has 2 rings (SSSR count). The molecule has 3 N–H and O–H groups in total. The number of benzene rings is 1. The van der Waals surface area contributed by atoms with Crippen LogP contribution in [0.3, 0.4) is 0 Å². The topological polar surface area (TPSA) is 67.6 Å². The van der Waals surface area contributed by atoms with Crippen LogP contribution in [0.2, 0.25) is 0 Å². The van der Waals surface area contributed by atoms with Gasteiger partial charge < -0.3 is 20.7 Å². The minimum atomic E-state index is 0.00453. The van der Waals surface area contributed by atoms with Gasteiger partial charge in [0.15, 0.2) is 5.11 Å². The molecule has 0 saturated carbocycles. The van der Waals surface area contributed by atoms with Gasteiger partial charge in [-0.05, 0) is 30.4 Å². The Bertz CT molecular complexity index is 458. The van der Waals surface area contributed by atoms with Crippen LogP contribution in [0.15, 0.2) is 24.3 Å². The maximum absolute atomic E-state index is 12.2. The fourth-order valence-corrected chi connectivity index (χ4v) is 1.94. The molecule has 1 aromatic rings. The molecule has 5 nitrogen and oxygen atoms in total. The first-order valence-electron chi connectivity index (χ1n) is 5.70. The Morgan fingerprint density at radius 1 is 1.39 bits per heavy atom. The molecule has 1 heterocycles. The number of morpholine rings is 1. The van der Waals surface area contributed by atoms with Gasteiger partial charge in [0.1, 0.15) is 0 Å². The van der Waals surface area contributed by atoms with E-state index in [1.54, 1.807) is 23.1 Å². The molecule has 0 spiro atoms. The van der Waals surface area contributed by atoms with Crippen molar-refractivity contribution in [3.05, 3.63) is 29.8 Å². The quantitative estimate of drug-likeness (QED) is 0.775. The molecule has 0 unspecified atom stereocenters. The van der Waals surface area contributed by atoms with Gasteiger partial charge in [-0.3, -0.25) is 4.79 Å². The van der Waals surface area contributed by atoms with Crippen molar-refractivity contribution in [2.45, 2.75) is 0 Å². The number of nitrogens with one attached hydrogen (secondary N) is 1. The van der Waals surface area contributed by atoms with Crippen LogP contribution in [0.4, 0.5) is 5.69 Å². The van der Waals surface area contributed by atoms with Crippen LogP contribution < -0.4 is 11.1 Å². The molecule has 96 valence electrons. The second-order valence-electron chi connectivity index (χ2n) is 3.97. The smallest absolute Gasteiger partial charge is 0.254 e. The molecule has 1 aliphatic rings. The van der Waals surface area contributed by atoms with Crippen molar-refractivity contribution in [3.63, 3.8) is 0 Å². The van der Waals surface area contributed by atoms with Crippen LogP contribution in [0, 0.1) is 0 Å². The third-order valence-electron chi connectivity index (χ3n) is 2.68. The molecular weight excluding hydrogens is 250 g/mol. The summed E-state index contributed by atoms with van der Waals surface area (Å²) in [6, 6.07) is 7.14. The lowest BCUT2D eigenvalue weighted by Gasteiger charge is -2.27. The second kappa shape index (κ2) is 5.79. The summed E-state index contributed by atoms with van der Waals surface area (Å²) in [6.07, 6.45) is 0. The number of ether oxygens (including phenoxy) is 1. The first-order chi connectivity index (χ1) is 8.66. The van der Waals surface area contributed by atoms with Gasteiger partial charge >= 0.3 is 0 Å². The number of hydrogen-bond donors (Lipinski definition) is 2. The Hall–Kier alpha value is -1.66. The molecule has 0 radical (unpaired) electrons. The largest absolute Gasteiger partial charge is 0.378 e. The van der Waals surface area contributed by atoms with Crippen LogP contribution in [0.5, 0.6) is 0 Å². The van der Waals surface area contributed by atoms with Gasteiger partial charge in [0.05, 0.1) is 13.2 Å². The second-order valence-corrected chi connectivity index (χ2v) is 4.41. The highest BCUT2D eigenvalue weighted by Gasteiger charge is 2.18. The van der Waals surface area contributed by atoms with Gasteiger partial charge in [-0.25, -0.2) is 0 Å². The number of amides is 1. The summed E-state index contributed by atoms with van der Waals surface area (Å²) in [6.45, 7) is 2.45. The van der Waals surface area contributed by atoms with Crippen LogP contribution in [-0.2, 0) is 4.74 Å². The Balaban J connectivity index is 2.11. The average molecular weight is 265 g/mol. The molecule has 0 aromatic heterocycles. The Kier molecular flexibility index (Phi) is 4.11. The van der Waals surface area contributed by atoms with Crippen molar-refractivity contribution < 1.29 is 9.53 Å². The number of carbonyl (C=O) groups excluding carboxylic acids is 1. The number of thiocarbonyl (C=S) groups is 1. The number of carbonyl (C=O) groups is 1. The molecule has 0 atom stereocenters. The molecule has 18 heavy (non-hydrogen) atoms. The third-order valence-corrected chi connectivity index (χ3v) is 2.78. The lowest BCUT2D eigenvalue weighted by Crippen LogP contribution is -2.40. The molecule has 1 fully saturated rings. The molecule has 6 heteroatoms. The van der Waals surface area contributed by atoms with Crippen molar-refractivity contribution in [2.75, 3.05) is 31.6 Å². The molecule has 1 aromatic carbocycles. The summed E-state index contributed by atoms with van der Waals surface area (Å²) in [5.41, 5.74) is 6.75. The summed E-state index contributed by atoms with van der Waals surface area (Å²) in [5, 5.41) is 3.00. The van der Waals surface area contributed by atoms with Crippen LogP contribution in [0.1, 0.15) is 10.4 Å². The highest BCUT2D eigenvalue weighted by molar-refractivity contribution is 7.80. The number of anilines is 1. The molecule has 1 saturated heterocycles. The van der Waals surface area contributed by atoms with E-state index >= 15 is 0 Å². The first-order valence-corrected chi connectivity index (χ1v) is 6.11. The van der Waals surface area contributed by atoms with Crippen molar-refractivity contribution in [3.8, 4) is 0 Å². The predicted octanol–water partition coefficient (Wildman–Crippen LogP) is 0.814. The van der Waals surface area contributed by atoms with Crippen LogP contribution >= 0.6 is 12.2 Å². The van der Waals surface area contributed by atoms with Crippen molar-refractivity contribution in [2.24, 2.45) is 5.73 Å². The predicted molar refractivity (Wildman–Crippen MR) is 73.6 cm³/mol. The van der Waals surface area contributed by atoms with Gasteiger partial charge in [-0.1, -0.05) is 6.07 Å². The lowest BCUT2D eigenvalue weighted by atomic mass is 10.1. The van der Waals surface area contributed by atoms with Crippen molar-refractivity contribution in [1.29, 1.82) is 0 Å². The molecule has 1 amide bonds. The zero-order chi connectivity index (χ0) is 13.0. The molecule has 0 bridgehead atoms. The number of hydrogen-bond acceptors (Lipinski definition) is 3. The molecular formula is C12H15N3O2S. The first kappa shape index (κ1) is 12.8. The zero-order valence-corrected chi connectivity index (χ0v) is 10.7. The Morgan fingerprint density at radius 2 is 2.11 bits per heavy atom. The van der Waals surface area contributed by atoms with E-state index < -0.39 is 0 Å². The van der Waals surface area contributed by atoms with Crippen LogP contribution in [0.25, 0.3) is 0 Å². The van der Waals surface area contributed by atoms with Gasteiger partial charge in [-0.15, -0.1) is 0 Å². The number of nitrogens with two attached hydrogens (primary N) is 1. The number of nitrogens with zero attached hydrogens (tertiary/aromatic N) is 1. The van der Waals surface area contributed by atoms with E-state index in [9.17, 15) is 4.79 Å². The maximum Gasteiger partial charge on any atom is 0.254 e. The fourth-order valence-electron chi connectivity index (χ4n) is 1.82. The monoisotopic (exact) mass is 265 g/mol. The van der Waals surface area contributed by atoms with E-state index in [2.05, 4.69) is 5.32 Å². The Labute approximate surface area is 111 Å². The Morgan fingerprint density at radius 3 is 2.78 bits per heavy atom. The summed E-state index contributed by atoms with van der Waals surface area (Å²) < 4.78 is 5.22. The van der Waals surface area contributed by atoms with Gasteiger partial charge in [0.25, 0.3) is 5.91 Å². The van der Waals surface area contributed by atoms with E-state index in [1.165, 1.54) is 0 Å². The maximum atomic E-state index is 12.2. The van der Waals surface area contributed by atoms with Gasteiger partial charge in [0, 0.05) is 24.3 Å². The minimum absolute atomic E-state index is 0.00453.